The Morgan fingerprint density at radius 1 is 1.47 bits per heavy atom. The van der Waals surface area contributed by atoms with Gasteiger partial charge in [-0.3, -0.25) is 9.59 Å². The molecule has 0 saturated heterocycles. The Hall–Kier alpha value is -2.77. The monoisotopic (exact) mass is 259 g/mol. The molecule has 19 heavy (non-hydrogen) atoms. The molecule has 0 radical (unpaired) electrons. The van der Waals surface area contributed by atoms with Crippen LogP contribution in [0, 0.1) is 0 Å². The first-order chi connectivity index (χ1) is 9.16. The summed E-state index contributed by atoms with van der Waals surface area (Å²) >= 11 is 0. The van der Waals surface area contributed by atoms with E-state index in [1.54, 1.807) is 13.1 Å². The van der Waals surface area contributed by atoms with E-state index in [-0.39, 0.29) is 18.1 Å². The second-order valence-corrected chi connectivity index (χ2v) is 3.96. The van der Waals surface area contributed by atoms with E-state index in [1.165, 1.54) is 23.2 Å². The third-order valence-electron chi connectivity index (χ3n) is 2.71. The largest absolute Gasteiger partial charge is 0.461 e. The fraction of sp³-hybridized carbons (Fsp3) is 0.182. The number of ketones is 1. The number of nitrogens with zero attached hydrogens (tertiary/aromatic N) is 5. The Labute approximate surface area is 106 Å². The Bertz CT molecular complexity index is 799. The molecule has 3 aromatic rings. The highest BCUT2D eigenvalue weighted by Gasteiger charge is 2.14. The second-order valence-electron chi connectivity index (χ2n) is 3.96. The van der Waals surface area contributed by atoms with Crippen LogP contribution in [0.5, 0.6) is 0 Å². The SMILES string of the molecule is Cn1ncc2c(=O)n(CC(=O)c3ccco3)nnc21. The maximum absolute atomic E-state index is 12.1. The van der Waals surface area contributed by atoms with Crippen LogP contribution in [0.2, 0.25) is 0 Å². The molecule has 3 rings (SSSR count). The molecular formula is C11H9N5O3. The summed E-state index contributed by atoms with van der Waals surface area (Å²) < 4.78 is 7.41. The molecule has 0 aliphatic rings. The first kappa shape index (κ1) is 11.3. The minimum absolute atomic E-state index is 0.181. The van der Waals surface area contributed by atoms with Crippen molar-refractivity contribution in [2.75, 3.05) is 0 Å². The van der Waals surface area contributed by atoms with E-state index >= 15 is 0 Å². The van der Waals surface area contributed by atoms with E-state index in [4.69, 9.17) is 4.42 Å². The number of rotatable bonds is 3. The summed E-state index contributed by atoms with van der Waals surface area (Å²) in [6.45, 7) is -0.218. The average Bonchev–Trinajstić information content (AvgIpc) is 3.03. The average molecular weight is 259 g/mol. The molecule has 0 unspecified atom stereocenters. The lowest BCUT2D eigenvalue weighted by molar-refractivity contribution is 0.0937. The number of hydrogen-bond acceptors (Lipinski definition) is 6. The number of carbonyl (C=O) groups excluding carboxylic acids is 1. The van der Waals surface area contributed by atoms with Gasteiger partial charge in [0.05, 0.1) is 12.5 Å². The van der Waals surface area contributed by atoms with Gasteiger partial charge in [0.25, 0.3) is 5.56 Å². The molecule has 3 heterocycles. The fourth-order valence-electron chi connectivity index (χ4n) is 1.73. The molecule has 8 nitrogen and oxygen atoms in total. The van der Waals surface area contributed by atoms with Crippen LogP contribution in [0.1, 0.15) is 10.6 Å². The molecular weight excluding hydrogens is 250 g/mol. The molecule has 0 aliphatic carbocycles. The highest BCUT2D eigenvalue weighted by Crippen LogP contribution is 2.04. The fourth-order valence-corrected chi connectivity index (χ4v) is 1.73. The van der Waals surface area contributed by atoms with Gasteiger partial charge in [0, 0.05) is 7.05 Å². The van der Waals surface area contributed by atoms with Crippen LogP contribution in [0.4, 0.5) is 0 Å². The van der Waals surface area contributed by atoms with Gasteiger partial charge in [-0.05, 0) is 12.1 Å². The van der Waals surface area contributed by atoms with E-state index in [2.05, 4.69) is 15.4 Å². The quantitative estimate of drug-likeness (QED) is 0.614. The molecule has 0 bridgehead atoms. The zero-order valence-corrected chi connectivity index (χ0v) is 9.98. The maximum atomic E-state index is 12.1. The van der Waals surface area contributed by atoms with Crippen molar-refractivity contribution in [3.63, 3.8) is 0 Å². The number of carbonyl (C=O) groups is 1. The lowest BCUT2D eigenvalue weighted by Gasteiger charge is -2.01. The third kappa shape index (κ3) is 1.82. The standard InChI is InChI=1S/C11H9N5O3/c1-15-10-7(5-12-15)11(18)16(14-13-10)6-8(17)9-3-2-4-19-9/h2-5H,6H2,1H3. The zero-order chi connectivity index (χ0) is 13.4. The van der Waals surface area contributed by atoms with E-state index in [0.717, 1.165) is 4.68 Å². The predicted molar refractivity (Wildman–Crippen MR) is 63.6 cm³/mol. The van der Waals surface area contributed by atoms with Crippen LogP contribution in [-0.4, -0.2) is 30.6 Å². The van der Waals surface area contributed by atoms with Crippen molar-refractivity contribution in [1.82, 2.24) is 24.8 Å². The van der Waals surface area contributed by atoms with Crippen molar-refractivity contribution in [3.8, 4) is 0 Å². The van der Waals surface area contributed by atoms with Crippen LogP contribution in [0.15, 0.2) is 33.8 Å². The van der Waals surface area contributed by atoms with Gasteiger partial charge in [0.1, 0.15) is 11.9 Å². The summed E-state index contributed by atoms with van der Waals surface area (Å²) in [5.41, 5.74) is -0.0234. The van der Waals surface area contributed by atoms with Gasteiger partial charge in [0.15, 0.2) is 11.4 Å². The molecule has 0 aliphatic heterocycles. The predicted octanol–water partition coefficient (Wildman–Crippen LogP) is 0.000900. The number of furan rings is 1. The van der Waals surface area contributed by atoms with Crippen molar-refractivity contribution >= 4 is 16.8 Å². The topological polar surface area (TPSA) is 95.8 Å². The molecule has 0 fully saturated rings. The Morgan fingerprint density at radius 2 is 2.32 bits per heavy atom. The second kappa shape index (κ2) is 4.16. The van der Waals surface area contributed by atoms with Gasteiger partial charge in [-0.25, -0.2) is 9.36 Å². The van der Waals surface area contributed by atoms with Crippen molar-refractivity contribution in [2.24, 2.45) is 7.05 Å². The van der Waals surface area contributed by atoms with Gasteiger partial charge in [-0.1, -0.05) is 5.21 Å². The molecule has 0 atom stereocenters. The maximum Gasteiger partial charge on any atom is 0.281 e. The molecule has 3 aromatic heterocycles. The van der Waals surface area contributed by atoms with E-state index < -0.39 is 5.56 Å². The number of hydrogen-bond donors (Lipinski definition) is 0. The van der Waals surface area contributed by atoms with Gasteiger partial charge in [-0.15, -0.1) is 5.10 Å². The van der Waals surface area contributed by atoms with Crippen LogP contribution < -0.4 is 5.56 Å². The van der Waals surface area contributed by atoms with Gasteiger partial charge < -0.3 is 4.42 Å². The Kier molecular flexibility index (Phi) is 2.48. The molecule has 0 spiro atoms. The number of aromatic nitrogens is 5. The minimum atomic E-state index is -0.405. The minimum Gasteiger partial charge on any atom is -0.461 e. The number of fused-ring (bicyclic) bond motifs is 1. The van der Waals surface area contributed by atoms with Gasteiger partial charge in [-0.2, -0.15) is 5.10 Å². The zero-order valence-electron chi connectivity index (χ0n) is 9.98. The van der Waals surface area contributed by atoms with Gasteiger partial charge in [0.2, 0.25) is 5.78 Å². The highest BCUT2D eigenvalue weighted by atomic mass is 16.3. The third-order valence-corrected chi connectivity index (χ3v) is 2.71. The smallest absolute Gasteiger partial charge is 0.281 e. The first-order valence-electron chi connectivity index (χ1n) is 5.49. The summed E-state index contributed by atoms with van der Waals surface area (Å²) in [4.78, 5) is 23.9. The summed E-state index contributed by atoms with van der Waals surface area (Å²) in [6.07, 6.45) is 2.80. The number of Topliss-reactive ketones (excluding diaryl/α,β-unsaturated/α-hetero) is 1. The lowest BCUT2D eigenvalue weighted by atomic mass is 10.3. The molecule has 0 saturated carbocycles. The highest BCUT2D eigenvalue weighted by molar-refractivity contribution is 5.93. The van der Waals surface area contributed by atoms with Crippen molar-refractivity contribution in [1.29, 1.82) is 0 Å². The Morgan fingerprint density at radius 3 is 3.05 bits per heavy atom. The number of aryl methyl sites for hydroxylation is 1. The van der Waals surface area contributed by atoms with Crippen LogP contribution in [0.3, 0.4) is 0 Å². The van der Waals surface area contributed by atoms with E-state index in [1.807, 2.05) is 0 Å². The molecule has 96 valence electrons. The van der Waals surface area contributed by atoms with Crippen LogP contribution in [-0.2, 0) is 13.6 Å². The van der Waals surface area contributed by atoms with E-state index in [0.29, 0.717) is 11.0 Å². The summed E-state index contributed by atoms with van der Waals surface area (Å²) in [7, 11) is 1.66. The van der Waals surface area contributed by atoms with E-state index in [9.17, 15) is 9.59 Å². The van der Waals surface area contributed by atoms with Crippen molar-refractivity contribution < 1.29 is 9.21 Å². The first-order valence-corrected chi connectivity index (χ1v) is 5.49. The summed E-state index contributed by atoms with van der Waals surface area (Å²) in [5, 5.41) is 11.8. The Balaban J connectivity index is 2.00. The molecule has 0 amide bonds. The lowest BCUT2D eigenvalue weighted by Crippen LogP contribution is -2.27. The van der Waals surface area contributed by atoms with Gasteiger partial charge >= 0.3 is 0 Å². The summed E-state index contributed by atoms with van der Waals surface area (Å²) in [5.74, 6) is -0.162. The van der Waals surface area contributed by atoms with Crippen molar-refractivity contribution in [3.05, 3.63) is 40.7 Å². The normalized spacial score (nSPS) is 11.0. The molecule has 0 N–H and O–H groups in total. The van der Waals surface area contributed by atoms with Crippen LogP contribution >= 0.6 is 0 Å². The molecule has 0 aromatic carbocycles. The van der Waals surface area contributed by atoms with Crippen LogP contribution in [0.25, 0.3) is 11.0 Å². The molecule has 8 heteroatoms. The van der Waals surface area contributed by atoms with Crippen molar-refractivity contribution in [2.45, 2.75) is 6.54 Å². The summed E-state index contributed by atoms with van der Waals surface area (Å²) in [6, 6.07) is 3.13.